The van der Waals surface area contributed by atoms with Crippen LogP contribution in [0.1, 0.15) is 28.3 Å². The Labute approximate surface area is 181 Å². The van der Waals surface area contributed by atoms with E-state index in [-0.39, 0.29) is 17.9 Å². The summed E-state index contributed by atoms with van der Waals surface area (Å²) in [5.41, 5.74) is 5.37. The lowest BCUT2D eigenvalue weighted by Gasteiger charge is -2.29. The van der Waals surface area contributed by atoms with Crippen molar-refractivity contribution in [2.75, 3.05) is 9.96 Å². The van der Waals surface area contributed by atoms with Crippen molar-refractivity contribution in [3.05, 3.63) is 95.1 Å². The molecule has 0 N–H and O–H groups in total. The van der Waals surface area contributed by atoms with Crippen LogP contribution < -0.4 is 9.96 Å². The van der Waals surface area contributed by atoms with E-state index in [2.05, 4.69) is 0 Å². The molecule has 2 saturated heterocycles. The smallest absolute Gasteiger partial charge is 0.266 e. The summed E-state index contributed by atoms with van der Waals surface area (Å²) >= 11 is 0. The van der Waals surface area contributed by atoms with E-state index in [0.29, 0.717) is 5.69 Å². The Hall–Kier alpha value is -3.44. The van der Waals surface area contributed by atoms with Crippen LogP contribution in [0.3, 0.4) is 0 Å². The summed E-state index contributed by atoms with van der Waals surface area (Å²) < 4.78 is 0. The molecule has 5 rings (SSSR count). The van der Waals surface area contributed by atoms with Crippen LogP contribution in [0.15, 0.2) is 72.8 Å². The Bertz CT molecular complexity index is 1140. The lowest BCUT2D eigenvalue weighted by molar-refractivity contribution is -0.126. The molecule has 31 heavy (non-hydrogen) atoms. The highest BCUT2D eigenvalue weighted by Crippen LogP contribution is 2.48. The van der Waals surface area contributed by atoms with Gasteiger partial charge in [0.25, 0.3) is 5.91 Å². The van der Waals surface area contributed by atoms with Crippen molar-refractivity contribution in [2.45, 2.75) is 32.9 Å². The van der Waals surface area contributed by atoms with Gasteiger partial charge in [0.15, 0.2) is 6.10 Å². The second kappa shape index (κ2) is 7.36. The van der Waals surface area contributed by atoms with Gasteiger partial charge in [-0.25, -0.2) is 9.96 Å². The van der Waals surface area contributed by atoms with E-state index < -0.39 is 12.0 Å². The second-order valence-electron chi connectivity index (χ2n) is 8.33. The number of rotatable bonds is 3. The molecule has 5 nitrogen and oxygen atoms in total. The number of nitrogens with zero attached hydrogens (tertiary/aromatic N) is 2. The molecular formula is C26H24N2O3. The Morgan fingerprint density at radius 1 is 0.774 bits per heavy atom. The maximum Gasteiger partial charge on any atom is 0.266 e. The van der Waals surface area contributed by atoms with Crippen LogP contribution in [0.4, 0.5) is 11.4 Å². The first-order valence-corrected chi connectivity index (χ1v) is 10.5. The molecule has 156 valence electrons. The number of hydroxylamine groups is 1. The fourth-order valence-electron chi connectivity index (χ4n) is 4.95. The second-order valence-corrected chi connectivity index (χ2v) is 8.33. The first-order chi connectivity index (χ1) is 15.0. The van der Waals surface area contributed by atoms with Crippen molar-refractivity contribution in [1.82, 2.24) is 0 Å². The molecule has 2 aliphatic rings. The number of amides is 2. The average molecular weight is 412 g/mol. The maximum atomic E-state index is 13.7. The van der Waals surface area contributed by atoms with Crippen molar-refractivity contribution in [1.29, 1.82) is 0 Å². The summed E-state index contributed by atoms with van der Waals surface area (Å²) in [6.45, 7) is 5.89. The van der Waals surface area contributed by atoms with E-state index in [4.69, 9.17) is 4.84 Å². The van der Waals surface area contributed by atoms with Gasteiger partial charge in [-0.2, -0.15) is 0 Å². The number of hydrogen-bond acceptors (Lipinski definition) is 4. The summed E-state index contributed by atoms with van der Waals surface area (Å²) in [6.07, 6.45) is -0.849. The minimum atomic E-state index is -0.849. The van der Waals surface area contributed by atoms with E-state index in [9.17, 15) is 9.59 Å². The molecular weight excluding hydrogens is 388 g/mol. The zero-order chi connectivity index (χ0) is 21.7. The lowest BCUT2D eigenvalue weighted by atomic mass is 9.90. The molecule has 2 amide bonds. The van der Waals surface area contributed by atoms with Crippen LogP contribution in [0.25, 0.3) is 0 Å². The van der Waals surface area contributed by atoms with Crippen molar-refractivity contribution in [3.8, 4) is 0 Å². The fraction of sp³-hybridized carbons (Fsp3) is 0.231. The highest BCUT2D eigenvalue weighted by atomic mass is 16.7. The summed E-state index contributed by atoms with van der Waals surface area (Å²) in [6, 6.07) is 23.0. The molecule has 0 saturated carbocycles. The van der Waals surface area contributed by atoms with Crippen molar-refractivity contribution in [2.24, 2.45) is 5.92 Å². The Morgan fingerprint density at radius 2 is 1.35 bits per heavy atom. The molecule has 3 aromatic rings. The molecule has 0 bridgehead atoms. The third-order valence-corrected chi connectivity index (χ3v) is 6.13. The van der Waals surface area contributed by atoms with Crippen molar-refractivity contribution in [3.63, 3.8) is 0 Å². The predicted molar refractivity (Wildman–Crippen MR) is 120 cm³/mol. The SMILES string of the molecule is Cc1cc(C)c(N2C(=O)[C@H]3[C@@H](ON(c4ccccc4)[C@H]3c3ccccc3)C2=O)c(C)c1. The molecule has 0 aromatic heterocycles. The minimum absolute atomic E-state index is 0.211. The van der Waals surface area contributed by atoms with Crippen molar-refractivity contribution < 1.29 is 14.4 Å². The van der Waals surface area contributed by atoms with Crippen LogP contribution in [0.2, 0.25) is 0 Å². The minimum Gasteiger partial charge on any atom is -0.273 e. The molecule has 2 fully saturated rings. The third-order valence-electron chi connectivity index (χ3n) is 6.13. The quantitative estimate of drug-likeness (QED) is 0.587. The van der Waals surface area contributed by atoms with Crippen LogP contribution >= 0.6 is 0 Å². The normalized spacial score (nSPS) is 22.9. The van der Waals surface area contributed by atoms with E-state index in [0.717, 1.165) is 27.9 Å². The van der Waals surface area contributed by atoms with Crippen LogP contribution in [0, 0.1) is 26.7 Å². The van der Waals surface area contributed by atoms with Gasteiger partial charge in [-0.15, -0.1) is 0 Å². The molecule has 2 aliphatic heterocycles. The van der Waals surface area contributed by atoms with Gasteiger partial charge in [-0.1, -0.05) is 66.2 Å². The van der Waals surface area contributed by atoms with Gasteiger partial charge in [-0.05, 0) is 49.6 Å². The Morgan fingerprint density at radius 3 is 1.97 bits per heavy atom. The molecule has 0 radical (unpaired) electrons. The molecule has 2 heterocycles. The van der Waals surface area contributed by atoms with Gasteiger partial charge in [0.05, 0.1) is 17.4 Å². The first-order valence-electron chi connectivity index (χ1n) is 10.5. The topological polar surface area (TPSA) is 49.9 Å². The average Bonchev–Trinajstić information content (AvgIpc) is 3.26. The molecule has 3 atom stereocenters. The number of benzene rings is 3. The van der Waals surface area contributed by atoms with Gasteiger partial charge in [0.2, 0.25) is 5.91 Å². The van der Waals surface area contributed by atoms with Crippen molar-refractivity contribution >= 4 is 23.2 Å². The highest BCUT2D eigenvalue weighted by molar-refractivity contribution is 6.24. The van der Waals surface area contributed by atoms with E-state index in [1.54, 1.807) is 5.06 Å². The Kier molecular flexibility index (Phi) is 4.63. The summed E-state index contributed by atoms with van der Waals surface area (Å²) in [5.74, 6) is -1.13. The van der Waals surface area contributed by atoms with Gasteiger partial charge < -0.3 is 0 Å². The van der Waals surface area contributed by atoms with E-state index in [1.165, 1.54) is 4.90 Å². The molecule has 5 heteroatoms. The lowest BCUT2D eigenvalue weighted by Crippen LogP contribution is -2.38. The third kappa shape index (κ3) is 3.04. The van der Waals surface area contributed by atoms with Gasteiger partial charge >= 0.3 is 0 Å². The molecule has 0 spiro atoms. The number of carbonyl (C=O) groups excluding carboxylic acids is 2. The molecule has 0 unspecified atom stereocenters. The van der Waals surface area contributed by atoms with E-state index in [1.807, 2.05) is 93.6 Å². The number of aryl methyl sites for hydroxylation is 3. The number of carbonyl (C=O) groups is 2. The fourth-order valence-corrected chi connectivity index (χ4v) is 4.95. The summed E-state index contributed by atoms with van der Waals surface area (Å²) in [5, 5.41) is 1.73. The maximum absolute atomic E-state index is 13.7. The van der Waals surface area contributed by atoms with Gasteiger partial charge in [0.1, 0.15) is 5.92 Å². The number of fused-ring (bicyclic) bond motifs is 1. The largest absolute Gasteiger partial charge is 0.273 e. The van der Waals surface area contributed by atoms with Gasteiger partial charge in [0, 0.05) is 0 Å². The first kappa shape index (κ1) is 19.5. The van der Waals surface area contributed by atoms with Crippen LogP contribution in [-0.2, 0) is 14.4 Å². The highest BCUT2D eigenvalue weighted by Gasteiger charge is 2.60. The standard InChI is InChI=1S/C26H24N2O3/c1-16-14-17(2)22(18(3)15-16)27-25(29)21-23(19-10-6-4-7-11-19)28(31-24(21)26(27)30)20-12-8-5-9-13-20/h4-15,21,23-24H,1-3H3/t21-,23+,24-/m1/s1. The predicted octanol–water partition coefficient (Wildman–Crippen LogP) is 4.66. The zero-order valence-electron chi connectivity index (χ0n) is 17.8. The monoisotopic (exact) mass is 412 g/mol. The van der Waals surface area contributed by atoms with Crippen LogP contribution in [0.5, 0.6) is 0 Å². The molecule has 0 aliphatic carbocycles. The Balaban J connectivity index is 1.61. The number of para-hydroxylation sites is 1. The van der Waals surface area contributed by atoms with Crippen LogP contribution in [-0.4, -0.2) is 17.9 Å². The van der Waals surface area contributed by atoms with Gasteiger partial charge in [-0.3, -0.25) is 14.4 Å². The number of imide groups is 1. The number of anilines is 2. The van der Waals surface area contributed by atoms with E-state index >= 15 is 0 Å². The summed E-state index contributed by atoms with van der Waals surface area (Å²) in [7, 11) is 0. The zero-order valence-corrected chi connectivity index (χ0v) is 17.8. The number of hydrogen-bond donors (Lipinski definition) is 0. The molecule has 3 aromatic carbocycles. The summed E-state index contributed by atoms with van der Waals surface area (Å²) in [4.78, 5) is 34.8.